The lowest BCUT2D eigenvalue weighted by molar-refractivity contribution is -0.128. The van der Waals surface area contributed by atoms with Crippen LogP contribution in [-0.2, 0) is 4.79 Å². The van der Waals surface area contributed by atoms with Crippen molar-refractivity contribution in [1.82, 2.24) is 0 Å². The third-order valence-corrected chi connectivity index (χ3v) is 10.4. The van der Waals surface area contributed by atoms with Crippen molar-refractivity contribution in [3.05, 3.63) is 0 Å². The van der Waals surface area contributed by atoms with E-state index in [9.17, 15) is 9.90 Å². The number of carbonyl (C=O) groups is 1. The van der Waals surface area contributed by atoms with E-state index in [1.807, 2.05) is 0 Å². The van der Waals surface area contributed by atoms with Crippen molar-refractivity contribution in [3.8, 4) is 11.5 Å². The molecule has 0 aliphatic rings. The van der Waals surface area contributed by atoms with Gasteiger partial charge in [0.25, 0.3) is 0 Å². The van der Waals surface area contributed by atoms with E-state index in [2.05, 4.69) is 53.0 Å². The van der Waals surface area contributed by atoms with E-state index in [0.29, 0.717) is 16.6 Å². The molecule has 0 aliphatic carbocycles. The minimum Gasteiger partial charge on any atom is -0.371 e. The van der Waals surface area contributed by atoms with Crippen LogP contribution in [0.15, 0.2) is 0 Å². The summed E-state index contributed by atoms with van der Waals surface area (Å²) >= 11 is 0. The Bertz CT molecular complexity index is 335. The lowest BCUT2D eigenvalue weighted by atomic mass is 10.0. The summed E-state index contributed by atoms with van der Waals surface area (Å²) in [7, 11) is -1.86. The fraction of sp³-hybridized carbons (Fsp3) is 0.800. The third-order valence-electron chi connectivity index (χ3n) is 4.07. The zero-order chi connectivity index (χ0) is 14.7. The van der Waals surface area contributed by atoms with Gasteiger partial charge >= 0.3 is 0 Å². The molecule has 0 aromatic heterocycles. The normalized spacial score (nSPS) is 15.6. The zero-order valence-electron chi connectivity index (χ0n) is 13.1. The molecule has 0 saturated carbocycles. The number of rotatable bonds is 4. The standard InChI is InChI=1S/C15H28O2Si/c1-11(2)18(12(3)4,13(5)6)10-9-15(8,17)14(7)16/h11-13,17H,1-8H3. The van der Waals surface area contributed by atoms with Gasteiger partial charge in [0.05, 0.1) is 0 Å². The van der Waals surface area contributed by atoms with E-state index in [1.54, 1.807) is 0 Å². The first-order valence-electron chi connectivity index (χ1n) is 6.76. The smallest absolute Gasteiger partial charge is 0.180 e. The van der Waals surface area contributed by atoms with Crippen molar-refractivity contribution in [2.75, 3.05) is 0 Å². The molecule has 0 amide bonds. The van der Waals surface area contributed by atoms with Gasteiger partial charge in [-0.1, -0.05) is 47.5 Å². The molecule has 0 aromatic rings. The number of Topliss-reactive ketones (excluding diaryl/α,β-unsaturated/α-hetero) is 1. The second kappa shape index (κ2) is 6.03. The van der Waals surface area contributed by atoms with Crippen molar-refractivity contribution in [3.63, 3.8) is 0 Å². The molecule has 0 aromatic carbocycles. The molecule has 0 rings (SSSR count). The van der Waals surface area contributed by atoms with E-state index in [0.717, 1.165) is 0 Å². The maximum absolute atomic E-state index is 11.4. The molecule has 1 atom stereocenters. The molecule has 0 saturated heterocycles. The Kier molecular flexibility index (Phi) is 5.83. The van der Waals surface area contributed by atoms with Crippen LogP contribution in [0.4, 0.5) is 0 Å². The van der Waals surface area contributed by atoms with Gasteiger partial charge in [-0.15, -0.1) is 5.54 Å². The molecule has 0 aliphatic heterocycles. The molecule has 0 heterocycles. The van der Waals surface area contributed by atoms with Gasteiger partial charge in [-0.2, -0.15) is 0 Å². The maximum atomic E-state index is 11.4. The highest BCUT2D eigenvalue weighted by atomic mass is 28.3. The molecule has 0 radical (unpaired) electrons. The SMILES string of the molecule is CC(=O)C(C)(O)C#C[Si](C(C)C)(C(C)C)C(C)C. The molecule has 2 nitrogen and oxygen atoms in total. The van der Waals surface area contributed by atoms with Gasteiger partial charge in [0.1, 0.15) is 8.07 Å². The van der Waals surface area contributed by atoms with Crippen LogP contribution in [0.1, 0.15) is 55.4 Å². The highest BCUT2D eigenvalue weighted by molar-refractivity contribution is 6.90. The molecule has 0 spiro atoms. The van der Waals surface area contributed by atoms with Gasteiger partial charge in [-0.25, -0.2) is 0 Å². The Labute approximate surface area is 113 Å². The monoisotopic (exact) mass is 268 g/mol. The lowest BCUT2D eigenvalue weighted by Crippen LogP contribution is -2.44. The topological polar surface area (TPSA) is 37.3 Å². The maximum Gasteiger partial charge on any atom is 0.180 e. The summed E-state index contributed by atoms with van der Waals surface area (Å²) < 4.78 is 0. The summed E-state index contributed by atoms with van der Waals surface area (Å²) in [5.74, 6) is 2.58. The van der Waals surface area contributed by atoms with Crippen LogP contribution >= 0.6 is 0 Å². The molecular formula is C15H28O2Si. The molecule has 0 fully saturated rings. The predicted octanol–water partition coefficient (Wildman–Crippen LogP) is 3.55. The predicted molar refractivity (Wildman–Crippen MR) is 80.1 cm³/mol. The van der Waals surface area contributed by atoms with Gasteiger partial charge in [-0.05, 0) is 30.5 Å². The Morgan fingerprint density at radius 2 is 1.39 bits per heavy atom. The summed E-state index contributed by atoms with van der Waals surface area (Å²) in [6.07, 6.45) is 0. The van der Waals surface area contributed by atoms with Gasteiger partial charge in [0.15, 0.2) is 11.4 Å². The number of carbonyl (C=O) groups excluding carboxylic acids is 1. The number of aliphatic hydroxyl groups is 1. The quantitative estimate of drug-likeness (QED) is 0.625. The minimum absolute atomic E-state index is 0.283. The fourth-order valence-corrected chi connectivity index (χ4v) is 8.08. The van der Waals surface area contributed by atoms with Crippen LogP contribution in [0, 0.1) is 11.5 Å². The average molecular weight is 268 g/mol. The van der Waals surface area contributed by atoms with Crippen LogP contribution < -0.4 is 0 Å². The molecule has 3 heteroatoms. The minimum atomic E-state index is -1.86. The summed E-state index contributed by atoms with van der Waals surface area (Å²) in [6.45, 7) is 16.1. The van der Waals surface area contributed by atoms with E-state index in [-0.39, 0.29) is 5.78 Å². The number of hydrogen-bond acceptors (Lipinski definition) is 2. The highest BCUT2D eigenvalue weighted by Gasteiger charge is 2.42. The van der Waals surface area contributed by atoms with Crippen LogP contribution in [0.2, 0.25) is 16.6 Å². The third kappa shape index (κ3) is 3.46. The Balaban J connectivity index is 5.67. The number of ketones is 1. The van der Waals surface area contributed by atoms with Crippen LogP contribution in [0.5, 0.6) is 0 Å². The van der Waals surface area contributed by atoms with Crippen molar-refractivity contribution < 1.29 is 9.90 Å². The summed E-state index contributed by atoms with van der Waals surface area (Å²) in [5, 5.41) is 10.00. The molecular weight excluding hydrogens is 240 g/mol. The van der Waals surface area contributed by atoms with Crippen LogP contribution in [0.3, 0.4) is 0 Å². The van der Waals surface area contributed by atoms with Gasteiger partial charge < -0.3 is 5.11 Å². The molecule has 0 bridgehead atoms. The van der Waals surface area contributed by atoms with Crippen molar-refractivity contribution in [2.24, 2.45) is 0 Å². The fourth-order valence-electron chi connectivity index (χ4n) is 2.75. The van der Waals surface area contributed by atoms with Gasteiger partial charge in [0.2, 0.25) is 0 Å². The lowest BCUT2D eigenvalue weighted by Gasteiger charge is -2.38. The largest absolute Gasteiger partial charge is 0.371 e. The Morgan fingerprint density at radius 3 is 1.61 bits per heavy atom. The summed E-state index contributed by atoms with van der Waals surface area (Å²) in [4.78, 5) is 11.4. The number of hydrogen-bond donors (Lipinski definition) is 1. The summed E-state index contributed by atoms with van der Waals surface area (Å²) in [5.41, 5.74) is 3.39. The Hall–Kier alpha value is -0.593. The average Bonchev–Trinajstić information content (AvgIpc) is 2.15. The van der Waals surface area contributed by atoms with Crippen LogP contribution in [0.25, 0.3) is 0 Å². The highest BCUT2D eigenvalue weighted by Crippen LogP contribution is 2.40. The Morgan fingerprint density at radius 1 is 1.06 bits per heavy atom. The van der Waals surface area contributed by atoms with E-state index >= 15 is 0 Å². The molecule has 1 unspecified atom stereocenters. The van der Waals surface area contributed by atoms with Crippen molar-refractivity contribution >= 4 is 13.9 Å². The van der Waals surface area contributed by atoms with Gasteiger partial charge in [0, 0.05) is 0 Å². The zero-order valence-corrected chi connectivity index (χ0v) is 14.1. The van der Waals surface area contributed by atoms with E-state index in [4.69, 9.17) is 0 Å². The first-order valence-corrected chi connectivity index (χ1v) is 8.99. The van der Waals surface area contributed by atoms with E-state index < -0.39 is 13.7 Å². The molecule has 18 heavy (non-hydrogen) atoms. The second-order valence-corrected chi connectivity index (χ2v) is 11.9. The van der Waals surface area contributed by atoms with E-state index in [1.165, 1.54) is 13.8 Å². The first kappa shape index (κ1) is 17.4. The molecule has 104 valence electrons. The van der Waals surface area contributed by atoms with Crippen molar-refractivity contribution in [1.29, 1.82) is 0 Å². The summed E-state index contributed by atoms with van der Waals surface area (Å²) in [6, 6.07) is 0. The van der Waals surface area contributed by atoms with Crippen molar-refractivity contribution in [2.45, 2.75) is 77.6 Å². The van der Waals surface area contributed by atoms with Crippen LogP contribution in [-0.4, -0.2) is 24.6 Å². The second-order valence-electron chi connectivity index (χ2n) is 6.28. The molecule has 1 N–H and O–H groups in total. The van der Waals surface area contributed by atoms with Gasteiger partial charge in [-0.3, -0.25) is 4.79 Å². The first-order chi connectivity index (χ1) is 7.98.